The molecule has 0 bridgehead atoms. The van der Waals surface area contributed by atoms with Gasteiger partial charge >= 0.3 is 0 Å². The third-order valence-electron chi connectivity index (χ3n) is 1.41. The molecule has 1 radical (unpaired) electrons. The van der Waals surface area contributed by atoms with E-state index in [0.29, 0.717) is 0 Å². The Morgan fingerprint density at radius 1 is 1.17 bits per heavy atom. The number of aromatic nitrogens is 1. The van der Waals surface area contributed by atoms with Crippen molar-refractivity contribution < 1.29 is 25.8 Å². The van der Waals surface area contributed by atoms with Gasteiger partial charge in [-0.25, -0.2) is 0 Å². The molecule has 1 heterocycles. The van der Waals surface area contributed by atoms with Crippen LogP contribution in [-0.2, 0) is 25.8 Å². The third-order valence-corrected chi connectivity index (χ3v) is 2.17. The fourth-order valence-corrected chi connectivity index (χ4v) is 1.48. The monoisotopic (exact) mass is 205 g/mol. The molecule has 12 heavy (non-hydrogen) atoms. The molecule has 1 nitrogen and oxygen atoms in total. The van der Waals surface area contributed by atoms with Crippen LogP contribution in [0, 0.1) is 5.38 Å². The number of thiazole rings is 1. The molecule has 0 saturated carbocycles. The summed E-state index contributed by atoms with van der Waals surface area (Å²) < 4.78 is 0. The molecule has 0 aliphatic heterocycles. The molecular formula is C9H6NSSc-. The minimum Gasteiger partial charge on any atom is -0.359 e. The predicted molar refractivity (Wildman–Crippen MR) is 46.4 cm³/mol. The topological polar surface area (TPSA) is 12.9 Å². The van der Waals surface area contributed by atoms with Gasteiger partial charge in [0, 0.05) is 25.8 Å². The second-order valence-electron chi connectivity index (χ2n) is 2.15. The summed E-state index contributed by atoms with van der Waals surface area (Å²) in [6.07, 6.45) is 1.70. The Morgan fingerprint density at radius 2 is 1.92 bits per heavy atom. The SMILES string of the molecule is [Sc].[c-]1cnc(-c2ccccc2)s1. The minimum absolute atomic E-state index is 0. The van der Waals surface area contributed by atoms with Gasteiger partial charge in [-0.2, -0.15) is 5.38 Å². The van der Waals surface area contributed by atoms with Crippen LogP contribution in [0.25, 0.3) is 10.6 Å². The fraction of sp³-hybridized carbons (Fsp3) is 0. The van der Waals surface area contributed by atoms with Crippen molar-refractivity contribution in [3.63, 3.8) is 0 Å². The van der Waals surface area contributed by atoms with Crippen molar-refractivity contribution in [1.82, 2.24) is 4.98 Å². The number of hydrogen-bond donors (Lipinski definition) is 0. The molecule has 0 aliphatic rings. The van der Waals surface area contributed by atoms with Crippen molar-refractivity contribution in [2.75, 3.05) is 0 Å². The van der Waals surface area contributed by atoms with Crippen molar-refractivity contribution in [2.24, 2.45) is 0 Å². The number of rotatable bonds is 1. The second-order valence-corrected chi connectivity index (χ2v) is 2.98. The van der Waals surface area contributed by atoms with Gasteiger partial charge in [-0.15, -0.1) is 0 Å². The first kappa shape index (κ1) is 9.81. The first-order valence-corrected chi connectivity index (χ1v) is 4.16. The normalized spacial score (nSPS) is 9.00. The summed E-state index contributed by atoms with van der Waals surface area (Å²) in [5.74, 6) is 0. The average Bonchev–Trinajstić information content (AvgIpc) is 2.58. The van der Waals surface area contributed by atoms with Gasteiger partial charge in [0.2, 0.25) is 0 Å². The molecule has 2 rings (SSSR count). The van der Waals surface area contributed by atoms with Gasteiger partial charge in [-0.3, -0.25) is 0 Å². The summed E-state index contributed by atoms with van der Waals surface area (Å²) in [4.78, 5) is 4.15. The Morgan fingerprint density at radius 3 is 2.50 bits per heavy atom. The zero-order valence-corrected chi connectivity index (χ0v) is 9.02. The molecule has 0 unspecified atom stereocenters. The van der Waals surface area contributed by atoms with Gasteiger partial charge in [-0.1, -0.05) is 42.1 Å². The van der Waals surface area contributed by atoms with E-state index in [1.807, 2.05) is 30.3 Å². The molecule has 1 aromatic carbocycles. The number of nitrogens with zero attached hydrogens (tertiary/aromatic N) is 1. The smallest absolute Gasteiger partial charge is 0 e. The average molecular weight is 205 g/mol. The quantitative estimate of drug-likeness (QED) is 0.652. The van der Waals surface area contributed by atoms with Crippen molar-refractivity contribution >= 4 is 11.3 Å². The maximum Gasteiger partial charge on any atom is 0 e. The summed E-state index contributed by atoms with van der Waals surface area (Å²) >= 11 is 1.54. The van der Waals surface area contributed by atoms with E-state index in [2.05, 4.69) is 10.4 Å². The Labute approximate surface area is 94.3 Å². The molecule has 0 spiro atoms. The maximum absolute atomic E-state index is 4.15. The zero-order chi connectivity index (χ0) is 7.52. The standard InChI is InChI=1S/C9H6NS.Sc/c1-2-4-8(5-3-1)9-10-6-7-11-9;/h1-6H;/q-1;. The summed E-state index contributed by atoms with van der Waals surface area (Å²) in [5.41, 5.74) is 1.17. The molecule has 1 aromatic heterocycles. The first-order chi connectivity index (χ1) is 5.47. The third kappa shape index (κ3) is 2.11. The summed E-state index contributed by atoms with van der Waals surface area (Å²) in [7, 11) is 0. The van der Waals surface area contributed by atoms with Crippen LogP contribution in [0.3, 0.4) is 0 Å². The second kappa shape index (κ2) is 4.67. The van der Waals surface area contributed by atoms with E-state index in [4.69, 9.17) is 0 Å². The minimum atomic E-state index is 0. The Balaban J connectivity index is 0.000000720. The van der Waals surface area contributed by atoms with Gasteiger partial charge in [-0.05, 0) is 5.01 Å². The van der Waals surface area contributed by atoms with E-state index in [1.54, 1.807) is 6.20 Å². The van der Waals surface area contributed by atoms with Gasteiger partial charge < -0.3 is 16.3 Å². The van der Waals surface area contributed by atoms with Crippen LogP contribution >= 0.6 is 11.3 Å². The van der Waals surface area contributed by atoms with E-state index in [1.165, 1.54) is 16.9 Å². The van der Waals surface area contributed by atoms with Crippen molar-refractivity contribution in [3.05, 3.63) is 41.9 Å². The van der Waals surface area contributed by atoms with Gasteiger partial charge in [0.25, 0.3) is 0 Å². The van der Waals surface area contributed by atoms with Crippen LogP contribution in [0.1, 0.15) is 0 Å². The molecule has 0 amide bonds. The predicted octanol–water partition coefficient (Wildman–Crippen LogP) is 2.61. The van der Waals surface area contributed by atoms with Crippen LogP contribution in [0.4, 0.5) is 0 Å². The molecule has 3 heteroatoms. The van der Waals surface area contributed by atoms with E-state index in [-0.39, 0.29) is 25.8 Å². The first-order valence-electron chi connectivity index (χ1n) is 3.34. The molecule has 0 fully saturated rings. The van der Waals surface area contributed by atoms with Crippen molar-refractivity contribution in [2.45, 2.75) is 0 Å². The van der Waals surface area contributed by atoms with E-state index < -0.39 is 0 Å². The zero-order valence-electron chi connectivity index (χ0n) is 6.40. The maximum atomic E-state index is 4.15. The Kier molecular flexibility index (Phi) is 3.82. The van der Waals surface area contributed by atoms with Crippen LogP contribution in [0.15, 0.2) is 36.5 Å². The molecule has 2 aromatic rings. The molecule has 0 atom stereocenters. The number of benzene rings is 1. The van der Waals surface area contributed by atoms with E-state index in [0.717, 1.165) is 5.01 Å². The molecule has 0 aliphatic carbocycles. The van der Waals surface area contributed by atoms with Crippen LogP contribution in [-0.4, -0.2) is 4.98 Å². The van der Waals surface area contributed by atoms with Crippen molar-refractivity contribution in [1.29, 1.82) is 0 Å². The molecule has 57 valence electrons. The van der Waals surface area contributed by atoms with Crippen LogP contribution in [0.5, 0.6) is 0 Å². The summed E-state index contributed by atoms with van der Waals surface area (Å²) in [6, 6.07) is 10.1. The van der Waals surface area contributed by atoms with Crippen LogP contribution < -0.4 is 0 Å². The van der Waals surface area contributed by atoms with E-state index in [9.17, 15) is 0 Å². The fourth-order valence-electron chi connectivity index (χ4n) is 0.908. The van der Waals surface area contributed by atoms with Gasteiger partial charge in [0.1, 0.15) is 0 Å². The number of hydrogen-bond acceptors (Lipinski definition) is 2. The largest absolute Gasteiger partial charge is 0.359 e. The van der Waals surface area contributed by atoms with Crippen molar-refractivity contribution in [3.8, 4) is 10.6 Å². The molecule has 0 saturated heterocycles. The van der Waals surface area contributed by atoms with E-state index >= 15 is 0 Å². The molecule has 0 N–H and O–H groups in total. The van der Waals surface area contributed by atoms with Gasteiger partial charge in [0.05, 0.1) is 0 Å². The Hall–Kier alpha value is -0.280. The Bertz CT molecular complexity index is 318. The summed E-state index contributed by atoms with van der Waals surface area (Å²) in [5, 5.41) is 3.99. The van der Waals surface area contributed by atoms with Gasteiger partial charge in [0.15, 0.2) is 0 Å². The molecular weight excluding hydrogens is 199 g/mol. The van der Waals surface area contributed by atoms with Crippen LogP contribution in [0.2, 0.25) is 0 Å². The summed E-state index contributed by atoms with van der Waals surface area (Å²) in [6.45, 7) is 0.